The van der Waals surface area contributed by atoms with Crippen LogP contribution in [0.5, 0.6) is 11.5 Å². The molecule has 3 aromatic rings. The van der Waals surface area contributed by atoms with E-state index in [9.17, 15) is 4.79 Å². The van der Waals surface area contributed by atoms with E-state index in [1.165, 1.54) is 25.7 Å². The molecule has 0 unspecified atom stereocenters. The second-order valence-electron chi connectivity index (χ2n) is 8.17. The van der Waals surface area contributed by atoms with Crippen LogP contribution >= 0.6 is 0 Å². The first kappa shape index (κ1) is 22.6. The van der Waals surface area contributed by atoms with Crippen LogP contribution in [0.25, 0.3) is 11.3 Å². The number of hydrogen-bond acceptors (Lipinski definition) is 6. The molecule has 1 aliphatic heterocycles. The van der Waals surface area contributed by atoms with Crippen LogP contribution in [0.15, 0.2) is 54.6 Å². The van der Waals surface area contributed by atoms with Gasteiger partial charge >= 0.3 is 0 Å². The van der Waals surface area contributed by atoms with Crippen molar-refractivity contribution in [1.29, 1.82) is 0 Å². The molecule has 2 aromatic carbocycles. The Labute approximate surface area is 194 Å². The first-order valence-electron chi connectivity index (χ1n) is 11.4. The molecule has 2 heterocycles. The van der Waals surface area contributed by atoms with E-state index < -0.39 is 0 Å². The minimum Gasteiger partial charge on any atom is -0.493 e. The summed E-state index contributed by atoms with van der Waals surface area (Å²) in [7, 11) is 3.17. The quantitative estimate of drug-likeness (QED) is 0.566. The van der Waals surface area contributed by atoms with Gasteiger partial charge in [-0.25, -0.2) is 0 Å². The van der Waals surface area contributed by atoms with Gasteiger partial charge in [0.1, 0.15) is 0 Å². The number of benzene rings is 2. The van der Waals surface area contributed by atoms with E-state index in [0.717, 1.165) is 41.4 Å². The van der Waals surface area contributed by atoms with Crippen molar-refractivity contribution in [3.05, 3.63) is 60.2 Å². The number of methoxy groups -OCH3 is 2. The molecule has 0 aliphatic carbocycles. The van der Waals surface area contributed by atoms with E-state index in [-0.39, 0.29) is 12.3 Å². The van der Waals surface area contributed by atoms with Gasteiger partial charge in [-0.2, -0.15) is 0 Å². The Balaban J connectivity index is 1.36. The van der Waals surface area contributed by atoms with Gasteiger partial charge in [0.2, 0.25) is 5.91 Å². The zero-order valence-corrected chi connectivity index (χ0v) is 19.2. The summed E-state index contributed by atoms with van der Waals surface area (Å²) in [6.07, 6.45) is 5.25. The fraction of sp³-hybridized carbons (Fsp3) is 0.346. The molecule has 0 bridgehead atoms. The highest BCUT2D eigenvalue weighted by Crippen LogP contribution is 2.28. The van der Waals surface area contributed by atoms with Crippen molar-refractivity contribution in [2.45, 2.75) is 32.1 Å². The lowest BCUT2D eigenvalue weighted by Gasteiger charge is -2.20. The van der Waals surface area contributed by atoms with Gasteiger partial charge in [-0.15, -0.1) is 10.2 Å². The van der Waals surface area contributed by atoms with Gasteiger partial charge in [0.15, 0.2) is 17.3 Å². The topological polar surface area (TPSA) is 76.6 Å². The van der Waals surface area contributed by atoms with Crippen LogP contribution in [0.2, 0.25) is 0 Å². The highest BCUT2D eigenvalue weighted by molar-refractivity contribution is 5.92. The number of rotatable bonds is 7. The largest absolute Gasteiger partial charge is 0.493 e. The number of carbonyl (C=O) groups is 1. The first-order valence-corrected chi connectivity index (χ1v) is 11.4. The fourth-order valence-electron chi connectivity index (χ4n) is 4.05. The lowest BCUT2D eigenvalue weighted by molar-refractivity contribution is -0.115. The van der Waals surface area contributed by atoms with Gasteiger partial charge in [-0.1, -0.05) is 31.0 Å². The van der Waals surface area contributed by atoms with Crippen molar-refractivity contribution >= 4 is 17.4 Å². The fourth-order valence-corrected chi connectivity index (χ4v) is 4.05. The van der Waals surface area contributed by atoms with Crippen LogP contribution in [-0.4, -0.2) is 43.4 Å². The summed E-state index contributed by atoms with van der Waals surface area (Å²) in [5, 5.41) is 11.8. The maximum absolute atomic E-state index is 12.5. The number of ether oxygens (including phenoxy) is 2. The van der Waals surface area contributed by atoms with Crippen molar-refractivity contribution in [3.8, 4) is 22.8 Å². The number of nitrogens with one attached hydrogen (secondary N) is 1. The third-order valence-corrected chi connectivity index (χ3v) is 5.86. The van der Waals surface area contributed by atoms with E-state index in [0.29, 0.717) is 11.5 Å². The Hall–Kier alpha value is -3.61. The Kier molecular flexibility index (Phi) is 7.40. The molecule has 33 heavy (non-hydrogen) atoms. The molecule has 4 rings (SSSR count). The summed E-state index contributed by atoms with van der Waals surface area (Å²) in [6.45, 7) is 2.09. The second-order valence-corrected chi connectivity index (χ2v) is 8.17. The van der Waals surface area contributed by atoms with E-state index in [1.807, 2.05) is 48.5 Å². The Morgan fingerprint density at radius 2 is 1.61 bits per heavy atom. The summed E-state index contributed by atoms with van der Waals surface area (Å²) in [5.41, 5.74) is 3.36. The predicted molar refractivity (Wildman–Crippen MR) is 130 cm³/mol. The molecule has 0 atom stereocenters. The van der Waals surface area contributed by atoms with Crippen LogP contribution in [0.3, 0.4) is 0 Å². The van der Waals surface area contributed by atoms with E-state index in [1.54, 1.807) is 20.3 Å². The Bertz CT molecular complexity index is 1060. The SMILES string of the molecule is COc1ccc(CC(=O)Nc2ccc(-c3ccc(N4CCCCCC4)nn3)cc2)cc1OC. The summed E-state index contributed by atoms with van der Waals surface area (Å²) >= 11 is 0. The standard InChI is InChI=1S/C26H30N4O3/c1-32-23-13-7-19(17-24(23)33-2)18-26(31)27-21-10-8-20(9-11-21)22-12-14-25(29-28-22)30-15-5-3-4-6-16-30/h7-14,17H,3-6,15-16,18H2,1-2H3,(H,27,31). The third-order valence-electron chi connectivity index (χ3n) is 5.86. The summed E-state index contributed by atoms with van der Waals surface area (Å²) in [4.78, 5) is 14.8. The smallest absolute Gasteiger partial charge is 0.228 e. The Morgan fingerprint density at radius 3 is 2.24 bits per heavy atom. The molecule has 0 spiro atoms. The zero-order valence-electron chi connectivity index (χ0n) is 19.2. The minimum absolute atomic E-state index is 0.100. The third kappa shape index (κ3) is 5.80. The molecule has 1 saturated heterocycles. The normalized spacial score (nSPS) is 13.8. The molecule has 7 nitrogen and oxygen atoms in total. The highest BCUT2D eigenvalue weighted by Gasteiger charge is 2.12. The van der Waals surface area contributed by atoms with Gasteiger partial charge < -0.3 is 19.7 Å². The number of nitrogens with zero attached hydrogens (tertiary/aromatic N) is 3. The summed E-state index contributed by atoms with van der Waals surface area (Å²) < 4.78 is 10.6. The monoisotopic (exact) mass is 446 g/mol. The number of carbonyl (C=O) groups excluding carboxylic acids is 1. The second kappa shape index (κ2) is 10.8. The molecule has 172 valence electrons. The van der Waals surface area contributed by atoms with Gasteiger partial charge in [0.25, 0.3) is 0 Å². The van der Waals surface area contributed by atoms with Crippen molar-refractivity contribution in [2.24, 2.45) is 0 Å². The minimum atomic E-state index is -0.100. The van der Waals surface area contributed by atoms with E-state index >= 15 is 0 Å². The molecule has 7 heteroatoms. The van der Waals surface area contributed by atoms with Crippen LogP contribution in [0.1, 0.15) is 31.2 Å². The molecule has 1 aromatic heterocycles. The predicted octanol–water partition coefficient (Wildman–Crippen LogP) is 4.72. The molecule has 1 aliphatic rings. The lowest BCUT2D eigenvalue weighted by Crippen LogP contribution is -2.25. The number of aromatic nitrogens is 2. The summed E-state index contributed by atoms with van der Waals surface area (Å²) in [6, 6.07) is 17.2. The van der Waals surface area contributed by atoms with E-state index in [4.69, 9.17) is 9.47 Å². The Morgan fingerprint density at radius 1 is 0.879 bits per heavy atom. The van der Waals surface area contributed by atoms with Crippen LogP contribution in [-0.2, 0) is 11.2 Å². The van der Waals surface area contributed by atoms with Crippen molar-refractivity contribution in [2.75, 3.05) is 37.5 Å². The van der Waals surface area contributed by atoms with Gasteiger partial charge in [0.05, 0.1) is 26.3 Å². The van der Waals surface area contributed by atoms with Gasteiger partial charge in [-0.05, 0) is 54.8 Å². The van der Waals surface area contributed by atoms with Gasteiger partial charge in [-0.3, -0.25) is 4.79 Å². The number of hydrogen-bond donors (Lipinski definition) is 1. The summed E-state index contributed by atoms with van der Waals surface area (Å²) in [5.74, 6) is 2.09. The lowest BCUT2D eigenvalue weighted by atomic mass is 10.1. The zero-order chi connectivity index (χ0) is 23.0. The number of anilines is 2. The van der Waals surface area contributed by atoms with Gasteiger partial charge in [0, 0.05) is 24.3 Å². The molecular weight excluding hydrogens is 416 g/mol. The van der Waals surface area contributed by atoms with Crippen LogP contribution < -0.4 is 19.7 Å². The molecule has 0 radical (unpaired) electrons. The highest BCUT2D eigenvalue weighted by atomic mass is 16.5. The van der Waals surface area contributed by atoms with E-state index in [2.05, 4.69) is 20.4 Å². The maximum atomic E-state index is 12.5. The molecule has 1 N–H and O–H groups in total. The molecule has 0 saturated carbocycles. The number of amides is 1. The van der Waals surface area contributed by atoms with Crippen molar-refractivity contribution in [3.63, 3.8) is 0 Å². The van der Waals surface area contributed by atoms with Crippen molar-refractivity contribution in [1.82, 2.24) is 10.2 Å². The van der Waals surface area contributed by atoms with Crippen molar-refractivity contribution < 1.29 is 14.3 Å². The average molecular weight is 447 g/mol. The van der Waals surface area contributed by atoms with Crippen LogP contribution in [0.4, 0.5) is 11.5 Å². The van der Waals surface area contributed by atoms with Crippen LogP contribution in [0, 0.1) is 0 Å². The molecule has 1 amide bonds. The average Bonchev–Trinajstić information content (AvgIpc) is 3.14. The first-order chi connectivity index (χ1) is 16.2. The molecular formula is C26H30N4O3. The molecule has 1 fully saturated rings. The maximum Gasteiger partial charge on any atom is 0.228 e.